The molecule has 1 saturated heterocycles. The first kappa shape index (κ1) is 12.6. The van der Waals surface area contributed by atoms with Gasteiger partial charge in [-0.15, -0.1) is 0 Å². The summed E-state index contributed by atoms with van der Waals surface area (Å²) >= 11 is 0. The summed E-state index contributed by atoms with van der Waals surface area (Å²) in [7, 11) is 0. The van der Waals surface area contributed by atoms with Crippen LogP contribution in [0.2, 0.25) is 0 Å². The molecule has 1 aliphatic rings. The van der Waals surface area contributed by atoms with Gasteiger partial charge in [-0.1, -0.05) is 0 Å². The van der Waals surface area contributed by atoms with Crippen molar-refractivity contribution < 1.29 is 19.1 Å². The van der Waals surface area contributed by atoms with Gasteiger partial charge < -0.3 is 19.7 Å². The number of aliphatic hydroxyl groups excluding tert-OH is 1. The zero-order chi connectivity index (χ0) is 13.0. The van der Waals surface area contributed by atoms with Gasteiger partial charge >= 0.3 is 0 Å². The Hall–Kier alpha value is -1.82. The molecule has 2 N–H and O–H groups in total. The number of likely N-dealkylation sites (tertiary alicyclic amines) is 1. The van der Waals surface area contributed by atoms with Gasteiger partial charge in [0.1, 0.15) is 6.04 Å². The SMILES string of the molecule is O=C(NCCO)[C@@H]1CCCN1C(=O)c1ccco1. The number of aliphatic hydroxyl groups is 1. The third-order valence-corrected chi connectivity index (χ3v) is 2.96. The Labute approximate surface area is 105 Å². The van der Waals surface area contributed by atoms with Crippen molar-refractivity contribution in [3.8, 4) is 0 Å². The van der Waals surface area contributed by atoms with Crippen LogP contribution in [-0.4, -0.2) is 47.6 Å². The Balaban J connectivity index is 2.03. The summed E-state index contributed by atoms with van der Waals surface area (Å²) in [4.78, 5) is 25.5. The first-order valence-electron chi connectivity index (χ1n) is 5.97. The molecule has 0 unspecified atom stereocenters. The summed E-state index contributed by atoms with van der Waals surface area (Å²) in [6, 6.07) is 2.77. The summed E-state index contributed by atoms with van der Waals surface area (Å²) in [5.41, 5.74) is 0. The number of nitrogens with one attached hydrogen (secondary N) is 1. The minimum atomic E-state index is -0.464. The molecule has 1 aliphatic heterocycles. The highest BCUT2D eigenvalue weighted by atomic mass is 16.3. The second kappa shape index (κ2) is 5.68. The lowest BCUT2D eigenvalue weighted by molar-refractivity contribution is -0.125. The average Bonchev–Trinajstić information content (AvgIpc) is 3.04. The maximum absolute atomic E-state index is 12.1. The largest absolute Gasteiger partial charge is 0.459 e. The first-order chi connectivity index (χ1) is 8.74. The van der Waals surface area contributed by atoms with Crippen molar-refractivity contribution in [2.75, 3.05) is 19.7 Å². The third-order valence-electron chi connectivity index (χ3n) is 2.96. The number of hydrogen-bond acceptors (Lipinski definition) is 4. The molecule has 0 radical (unpaired) electrons. The van der Waals surface area contributed by atoms with E-state index in [4.69, 9.17) is 9.52 Å². The van der Waals surface area contributed by atoms with Crippen LogP contribution in [0.3, 0.4) is 0 Å². The van der Waals surface area contributed by atoms with Gasteiger partial charge in [0.15, 0.2) is 5.76 Å². The van der Waals surface area contributed by atoms with Crippen LogP contribution < -0.4 is 5.32 Å². The van der Waals surface area contributed by atoms with Gasteiger partial charge in [-0.2, -0.15) is 0 Å². The number of amides is 2. The molecule has 1 fully saturated rings. The van der Waals surface area contributed by atoms with E-state index in [-0.39, 0.29) is 30.7 Å². The van der Waals surface area contributed by atoms with Crippen LogP contribution in [0.15, 0.2) is 22.8 Å². The zero-order valence-electron chi connectivity index (χ0n) is 9.96. The van der Waals surface area contributed by atoms with Crippen molar-refractivity contribution in [1.82, 2.24) is 10.2 Å². The van der Waals surface area contributed by atoms with Crippen molar-refractivity contribution in [3.63, 3.8) is 0 Å². The van der Waals surface area contributed by atoms with Crippen molar-refractivity contribution in [3.05, 3.63) is 24.2 Å². The lowest BCUT2D eigenvalue weighted by Crippen LogP contribution is -2.46. The molecule has 0 bridgehead atoms. The molecule has 0 spiro atoms. The van der Waals surface area contributed by atoms with Crippen LogP contribution in [0.4, 0.5) is 0 Å². The number of rotatable bonds is 4. The Morgan fingerprint density at radius 2 is 2.39 bits per heavy atom. The predicted octanol–water partition coefficient (Wildman–Crippen LogP) is -0.00730. The Morgan fingerprint density at radius 3 is 3.06 bits per heavy atom. The first-order valence-corrected chi connectivity index (χ1v) is 5.97. The molecule has 1 atom stereocenters. The van der Waals surface area contributed by atoms with E-state index >= 15 is 0 Å². The molecule has 2 heterocycles. The van der Waals surface area contributed by atoms with Gasteiger partial charge in [-0.05, 0) is 25.0 Å². The van der Waals surface area contributed by atoms with Crippen LogP contribution in [0.1, 0.15) is 23.4 Å². The van der Waals surface area contributed by atoms with E-state index in [0.717, 1.165) is 6.42 Å². The van der Waals surface area contributed by atoms with E-state index in [1.165, 1.54) is 11.2 Å². The molecule has 0 aliphatic carbocycles. The standard InChI is InChI=1S/C12H16N2O4/c15-7-5-13-11(16)9-3-1-6-14(9)12(17)10-4-2-8-18-10/h2,4,8-9,15H,1,3,5-7H2,(H,13,16)/t9-/m0/s1. The number of hydrogen-bond donors (Lipinski definition) is 2. The fourth-order valence-electron chi connectivity index (χ4n) is 2.12. The monoisotopic (exact) mass is 252 g/mol. The highest BCUT2D eigenvalue weighted by molar-refractivity contribution is 5.95. The molecule has 1 aromatic heterocycles. The summed E-state index contributed by atoms with van der Waals surface area (Å²) in [6.07, 6.45) is 2.87. The molecule has 2 rings (SSSR count). The van der Waals surface area contributed by atoms with Crippen molar-refractivity contribution in [2.24, 2.45) is 0 Å². The highest BCUT2D eigenvalue weighted by Gasteiger charge is 2.35. The smallest absolute Gasteiger partial charge is 0.290 e. The molecule has 6 heteroatoms. The van der Waals surface area contributed by atoms with Crippen molar-refractivity contribution in [1.29, 1.82) is 0 Å². The molecular formula is C12H16N2O4. The third kappa shape index (κ3) is 2.53. The lowest BCUT2D eigenvalue weighted by Gasteiger charge is -2.22. The van der Waals surface area contributed by atoms with Gasteiger partial charge in [0.2, 0.25) is 5.91 Å². The van der Waals surface area contributed by atoms with Gasteiger partial charge in [-0.3, -0.25) is 9.59 Å². The predicted molar refractivity (Wildman–Crippen MR) is 62.9 cm³/mol. The van der Waals surface area contributed by atoms with E-state index < -0.39 is 6.04 Å². The molecule has 98 valence electrons. The van der Waals surface area contributed by atoms with Crippen LogP contribution in [0.25, 0.3) is 0 Å². The van der Waals surface area contributed by atoms with Crippen molar-refractivity contribution >= 4 is 11.8 Å². The summed E-state index contributed by atoms with van der Waals surface area (Å²) < 4.78 is 5.05. The van der Waals surface area contributed by atoms with E-state index in [1.54, 1.807) is 12.1 Å². The lowest BCUT2D eigenvalue weighted by atomic mass is 10.2. The quantitative estimate of drug-likeness (QED) is 0.789. The Morgan fingerprint density at radius 1 is 1.56 bits per heavy atom. The maximum Gasteiger partial charge on any atom is 0.290 e. The fourth-order valence-corrected chi connectivity index (χ4v) is 2.12. The summed E-state index contributed by atoms with van der Waals surface area (Å²) in [5, 5.41) is 11.3. The summed E-state index contributed by atoms with van der Waals surface area (Å²) in [5.74, 6) is -0.236. The normalized spacial score (nSPS) is 18.9. The molecule has 0 aromatic carbocycles. The number of nitrogens with zero attached hydrogens (tertiary/aromatic N) is 1. The number of furan rings is 1. The summed E-state index contributed by atoms with van der Waals surface area (Å²) in [6.45, 7) is 0.652. The zero-order valence-corrected chi connectivity index (χ0v) is 9.96. The minimum absolute atomic E-state index is 0.107. The second-order valence-electron chi connectivity index (χ2n) is 4.15. The Kier molecular flexibility index (Phi) is 3.99. The van der Waals surface area contributed by atoms with Crippen LogP contribution in [0.5, 0.6) is 0 Å². The van der Waals surface area contributed by atoms with Gasteiger partial charge in [0, 0.05) is 13.1 Å². The average molecular weight is 252 g/mol. The van der Waals surface area contributed by atoms with E-state index in [9.17, 15) is 9.59 Å². The molecular weight excluding hydrogens is 236 g/mol. The van der Waals surface area contributed by atoms with Crippen LogP contribution >= 0.6 is 0 Å². The Bertz CT molecular complexity index is 416. The fraction of sp³-hybridized carbons (Fsp3) is 0.500. The molecule has 6 nitrogen and oxygen atoms in total. The minimum Gasteiger partial charge on any atom is -0.459 e. The topological polar surface area (TPSA) is 82.8 Å². The van der Waals surface area contributed by atoms with E-state index in [0.29, 0.717) is 13.0 Å². The van der Waals surface area contributed by atoms with Crippen molar-refractivity contribution in [2.45, 2.75) is 18.9 Å². The van der Waals surface area contributed by atoms with Gasteiger partial charge in [0.25, 0.3) is 5.91 Å². The van der Waals surface area contributed by atoms with E-state index in [1.807, 2.05) is 0 Å². The highest BCUT2D eigenvalue weighted by Crippen LogP contribution is 2.20. The molecule has 2 amide bonds. The molecule has 0 saturated carbocycles. The molecule has 18 heavy (non-hydrogen) atoms. The molecule has 1 aromatic rings. The second-order valence-corrected chi connectivity index (χ2v) is 4.15. The van der Waals surface area contributed by atoms with Gasteiger partial charge in [0.05, 0.1) is 12.9 Å². The number of carbonyl (C=O) groups is 2. The van der Waals surface area contributed by atoms with Crippen LogP contribution in [-0.2, 0) is 4.79 Å². The van der Waals surface area contributed by atoms with E-state index in [2.05, 4.69) is 5.32 Å². The number of carbonyl (C=O) groups excluding carboxylic acids is 2. The van der Waals surface area contributed by atoms with Gasteiger partial charge in [-0.25, -0.2) is 0 Å². The maximum atomic E-state index is 12.1. The van der Waals surface area contributed by atoms with Crippen LogP contribution in [0, 0.1) is 0 Å².